The number of fused-ring (bicyclic) bond motifs is 2. The number of pyridine rings is 4. The number of methoxy groups -OCH3 is 2. The second kappa shape index (κ2) is 13.5. The van der Waals surface area contributed by atoms with E-state index >= 15 is 0 Å². The molecular formula is C38H29N7O4. The summed E-state index contributed by atoms with van der Waals surface area (Å²) < 4.78 is 10.9. The molecule has 0 bridgehead atoms. The Morgan fingerprint density at radius 2 is 1.12 bits per heavy atom. The van der Waals surface area contributed by atoms with Crippen molar-refractivity contribution in [3.63, 3.8) is 0 Å². The molecule has 240 valence electrons. The highest BCUT2D eigenvalue weighted by molar-refractivity contribution is 5.98. The van der Waals surface area contributed by atoms with E-state index in [-0.39, 0.29) is 5.82 Å². The number of para-hydroxylation sites is 2. The van der Waals surface area contributed by atoms with Gasteiger partial charge in [-0.25, -0.2) is 9.97 Å². The molecular weight excluding hydrogens is 618 g/mol. The topological polar surface area (TPSA) is 145 Å². The maximum absolute atomic E-state index is 10.8. The number of nitro groups is 1. The monoisotopic (exact) mass is 647 g/mol. The third kappa shape index (κ3) is 6.15. The van der Waals surface area contributed by atoms with Gasteiger partial charge in [-0.05, 0) is 46.3 Å². The highest BCUT2D eigenvalue weighted by Gasteiger charge is 2.15. The van der Waals surface area contributed by atoms with Crippen molar-refractivity contribution in [1.82, 2.24) is 29.9 Å². The van der Waals surface area contributed by atoms with Gasteiger partial charge in [0.15, 0.2) is 0 Å². The summed E-state index contributed by atoms with van der Waals surface area (Å²) in [6, 6.07) is 26.9. The number of ether oxygens (including phenoxy) is 2. The van der Waals surface area contributed by atoms with E-state index < -0.39 is 4.92 Å². The van der Waals surface area contributed by atoms with Crippen LogP contribution < -0.4 is 9.47 Å². The van der Waals surface area contributed by atoms with Crippen LogP contribution in [0.2, 0.25) is 0 Å². The van der Waals surface area contributed by atoms with Gasteiger partial charge in [0.1, 0.15) is 29.0 Å². The Morgan fingerprint density at radius 1 is 0.592 bits per heavy atom. The number of benzene rings is 2. The van der Waals surface area contributed by atoms with Crippen LogP contribution in [0.25, 0.3) is 66.6 Å². The van der Waals surface area contributed by atoms with E-state index in [1.165, 1.54) is 12.3 Å². The van der Waals surface area contributed by atoms with Crippen molar-refractivity contribution in [1.29, 1.82) is 0 Å². The molecule has 6 heterocycles. The Labute approximate surface area is 280 Å². The van der Waals surface area contributed by atoms with Gasteiger partial charge in [-0.15, -0.1) is 0 Å². The molecule has 0 aliphatic carbocycles. The van der Waals surface area contributed by atoms with E-state index in [4.69, 9.17) is 9.47 Å². The van der Waals surface area contributed by atoms with Crippen LogP contribution in [0.4, 0.5) is 5.82 Å². The SMILES string of the molecule is COc1ccccc1-c1c[nH]c2ncc(-c3ccc([N+](=O)[O-])nc3)cc12.COc1ccccc1-c1c[nH]c2ncc(-c3cccnc3)cc12. The van der Waals surface area contributed by atoms with Gasteiger partial charge in [0, 0.05) is 98.5 Å². The summed E-state index contributed by atoms with van der Waals surface area (Å²) >= 11 is 0. The van der Waals surface area contributed by atoms with E-state index in [9.17, 15) is 10.1 Å². The quantitative estimate of drug-likeness (QED) is 0.129. The smallest absolute Gasteiger partial charge is 0.363 e. The van der Waals surface area contributed by atoms with Crippen LogP contribution in [-0.4, -0.2) is 49.0 Å². The molecule has 0 aliphatic rings. The van der Waals surface area contributed by atoms with Crippen molar-refractivity contribution in [2.75, 3.05) is 14.2 Å². The molecule has 0 radical (unpaired) electrons. The fourth-order valence-electron chi connectivity index (χ4n) is 5.70. The number of aromatic nitrogens is 6. The molecule has 8 aromatic rings. The third-order valence-electron chi connectivity index (χ3n) is 8.12. The predicted octanol–water partition coefficient (Wildman–Crippen LogP) is 8.51. The van der Waals surface area contributed by atoms with E-state index in [2.05, 4.69) is 42.0 Å². The summed E-state index contributed by atoms with van der Waals surface area (Å²) in [6.07, 6.45) is 12.5. The first-order valence-corrected chi connectivity index (χ1v) is 15.3. The van der Waals surface area contributed by atoms with Crippen LogP contribution in [0.15, 0.2) is 128 Å². The average Bonchev–Trinajstić information content (AvgIpc) is 3.79. The van der Waals surface area contributed by atoms with Gasteiger partial charge in [-0.1, -0.05) is 42.5 Å². The lowest BCUT2D eigenvalue weighted by molar-refractivity contribution is -0.389. The second-order valence-corrected chi connectivity index (χ2v) is 10.9. The predicted molar refractivity (Wildman–Crippen MR) is 189 cm³/mol. The zero-order valence-electron chi connectivity index (χ0n) is 26.5. The highest BCUT2D eigenvalue weighted by Crippen LogP contribution is 2.37. The molecule has 49 heavy (non-hydrogen) atoms. The molecule has 8 rings (SSSR count). The molecule has 0 saturated carbocycles. The molecule has 0 amide bonds. The van der Waals surface area contributed by atoms with Crippen molar-refractivity contribution in [2.45, 2.75) is 0 Å². The molecule has 2 N–H and O–H groups in total. The molecule has 0 unspecified atom stereocenters. The van der Waals surface area contributed by atoms with Crippen molar-refractivity contribution in [3.05, 3.63) is 138 Å². The van der Waals surface area contributed by atoms with Crippen LogP contribution in [0.1, 0.15) is 0 Å². The number of hydrogen-bond donors (Lipinski definition) is 2. The van der Waals surface area contributed by atoms with E-state index in [1.54, 1.807) is 32.7 Å². The van der Waals surface area contributed by atoms with Crippen molar-refractivity contribution in [3.8, 4) is 56.0 Å². The molecule has 0 atom stereocenters. The first kappa shape index (κ1) is 30.8. The van der Waals surface area contributed by atoms with Crippen molar-refractivity contribution in [2.24, 2.45) is 0 Å². The number of nitrogens with zero attached hydrogens (tertiary/aromatic N) is 5. The fourth-order valence-corrected chi connectivity index (χ4v) is 5.70. The van der Waals surface area contributed by atoms with Gasteiger partial charge in [0.05, 0.1) is 14.2 Å². The minimum absolute atomic E-state index is 0.181. The van der Waals surface area contributed by atoms with Gasteiger partial charge in [-0.3, -0.25) is 4.98 Å². The minimum atomic E-state index is -0.517. The summed E-state index contributed by atoms with van der Waals surface area (Å²) in [4.78, 5) is 33.7. The van der Waals surface area contributed by atoms with Gasteiger partial charge in [0.2, 0.25) is 0 Å². The maximum atomic E-state index is 10.8. The fraction of sp³-hybridized carbons (Fsp3) is 0.0526. The Bertz CT molecular complexity index is 2400. The molecule has 0 aliphatic heterocycles. The summed E-state index contributed by atoms with van der Waals surface area (Å²) in [6.45, 7) is 0. The van der Waals surface area contributed by atoms with Crippen LogP contribution in [-0.2, 0) is 0 Å². The lowest BCUT2D eigenvalue weighted by Gasteiger charge is -2.07. The maximum Gasteiger partial charge on any atom is 0.363 e. The first-order valence-electron chi connectivity index (χ1n) is 15.3. The van der Waals surface area contributed by atoms with E-state index in [1.807, 2.05) is 85.5 Å². The Balaban J connectivity index is 0.000000155. The lowest BCUT2D eigenvalue weighted by Crippen LogP contribution is -1.91. The zero-order valence-corrected chi connectivity index (χ0v) is 26.5. The summed E-state index contributed by atoms with van der Waals surface area (Å²) in [7, 11) is 3.33. The van der Waals surface area contributed by atoms with Crippen LogP contribution in [0.3, 0.4) is 0 Å². The molecule has 0 fully saturated rings. The van der Waals surface area contributed by atoms with E-state index in [0.717, 1.165) is 78.1 Å². The average molecular weight is 648 g/mol. The van der Waals surface area contributed by atoms with Gasteiger partial charge < -0.3 is 29.6 Å². The molecule has 0 spiro atoms. The summed E-state index contributed by atoms with van der Waals surface area (Å²) in [5.41, 5.74) is 9.36. The van der Waals surface area contributed by atoms with E-state index in [0.29, 0.717) is 0 Å². The zero-order chi connectivity index (χ0) is 33.7. The lowest BCUT2D eigenvalue weighted by atomic mass is 10.0. The second-order valence-electron chi connectivity index (χ2n) is 10.9. The molecule has 0 saturated heterocycles. The number of nitrogens with one attached hydrogen (secondary N) is 2. The van der Waals surface area contributed by atoms with Crippen LogP contribution in [0, 0.1) is 10.1 Å². The summed E-state index contributed by atoms with van der Waals surface area (Å²) in [5, 5.41) is 12.8. The third-order valence-corrected chi connectivity index (χ3v) is 8.12. The Morgan fingerprint density at radius 3 is 1.59 bits per heavy atom. The minimum Gasteiger partial charge on any atom is -0.496 e. The molecule has 11 nitrogen and oxygen atoms in total. The number of rotatable bonds is 7. The molecule has 6 aromatic heterocycles. The van der Waals surface area contributed by atoms with Crippen molar-refractivity contribution >= 4 is 27.9 Å². The van der Waals surface area contributed by atoms with Crippen LogP contribution in [0.5, 0.6) is 11.5 Å². The number of hydrogen-bond acceptors (Lipinski definition) is 8. The van der Waals surface area contributed by atoms with Gasteiger partial charge >= 0.3 is 5.82 Å². The normalized spacial score (nSPS) is 10.8. The largest absolute Gasteiger partial charge is 0.496 e. The Kier molecular flexibility index (Phi) is 8.45. The number of H-pyrrole nitrogens is 2. The van der Waals surface area contributed by atoms with Crippen LogP contribution >= 0.6 is 0 Å². The van der Waals surface area contributed by atoms with Gasteiger partial charge in [-0.2, -0.15) is 0 Å². The summed E-state index contributed by atoms with van der Waals surface area (Å²) in [5.74, 6) is 1.44. The number of aromatic amines is 2. The molecule has 11 heteroatoms. The van der Waals surface area contributed by atoms with Crippen molar-refractivity contribution < 1.29 is 14.4 Å². The highest BCUT2D eigenvalue weighted by atomic mass is 16.6. The Hall–Kier alpha value is -6.88. The first-order chi connectivity index (χ1) is 24.0. The van der Waals surface area contributed by atoms with Gasteiger partial charge in [0.25, 0.3) is 0 Å². The standard InChI is InChI=1S/C19H14N4O3.C19H15N3O/c1-26-17-5-3-2-4-14(17)16-11-22-19-15(16)8-13(10-21-19)12-6-7-18(20-9-12)23(24)25;1-23-18-7-3-2-6-15(18)17-12-22-19-16(17)9-14(11-21-19)13-5-4-8-20-10-13/h2-11H,1H3,(H,21,22);2-12H,1H3,(H,21,22). The molecule has 2 aromatic carbocycles.